The Balaban J connectivity index is 1.96. The van der Waals surface area contributed by atoms with E-state index >= 15 is 0 Å². The molecule has 1 amide bonds. The van der Waals surface area contributed by atoms with Crippen LogP contribution in [-0.4, -0.2) is 37.0 Å². The molecule has 20 heavy (non-hydrogen) atoms. The first-order valence-electron chi connectivity index (χ1n) is 7.76. The van der Waals surface area contributed by atoms with Crippen LogP contribution < -0.4 is 4.90 Å². The number of hydrogen-bond donors (Lipinski definition) is 0. The predicted octanol–water partition coefficient (Wildman–Crippen LogP) is 3.08. The van der Waals surface area contributed by atoms with E-state index in [1.807, 2.05) is 4.90 Å². The maximum atomic E-state index is 12.4. The number of carbonyl (C=O) groups excluding carboxylic acids is 1. The van der Waals surface area contributed by atoms with Crippen molar-refractivity contribution >= 4 is 11.6 Å². The molecule has 0 spiro atoms. The zero-order valence-electron chi connectivity index (χ0n) is 12.9. The van der Waals surface area contributed by atoms with Crippen molar-refractivity contribution in [3.05, 3.63) is 29.8 Å². The summed E-state index contributed by atoms with van der Waals surface area (Å²) in [6.45, 7) is 9.95. The summed E-state index contributed by atoms with van der Waals surface area (Å²) >= 11 is 0. The topological polar surface area (TPSA) is 23.6 Å². The Hall–Kier alpha value is -1.51. The molecule has 1 aromatic carbocycles. The molecular formula is C17H26N2O. The summed E-state index contributed by atoms with van der Waals surface area (Å²) < 4.78 is 0. The van der Waals surface area contributed by atoms with E-state index in [9.17, 15) is 4.79 Å². The van der Waals surface area contributed by atoms with Gasteiger partial charge < -0.3 is 9.80 Å². The van der Waals surface area contributed by atoms with Gasteiger partial charge in [0.25, 0.3) is 0 Å². The number of para-hydroxylation sites is 1. The summed E-state index contributed by atoms with van der Waals surface area (Å²) in [5, 5.41) is 0. The van der Waals surface area contributed by atoms with Crippen LogP contribution in [0.1, 0.15) is 32.3 Å². The Morgan fingerprint density at radius 3 is 2.25 bits per heavy atom. The molecule has 0 atom stereocenters. The van der Waals surface area contributed by atoms with Gasteiger partial charge in [-0.1, -0.05) is 32.0 Å². The molecule has 0 saturated carbocycles. The van der Waals surface area contributed by atoms with E-state index in [2.05, 4.69) is 49.9 Å². The van der Waals surface area contributed by atoms with Gasteiger partial charge in [0.15, 0.2) is 0 Å². The normalized spacial score (nSPS) is 15.8. The van der Waals surface area contributed by atoms with Crippen LogP contribution in [0.25, 0.3) is 0 Å². The quantitative estimate of drug-likeness (QED) is 0.842. The summed E-state index contributed by atoms with van der Waals surface area (Å²) in [6, 6.07) is 8.49. The maximum absolute atomic E-state index is 12.4. The molecule has 0 unspecified atom stereocenters. The van der Waals surface area contributed by atoms with Crippen molar-refractivity contribution in [2.75, 3.05) is 31.1 Å². The molecule has 1 fully saturated rings. The first-order valence-corrected chi connectivity index (χ1v) is 7.76. The molecule has 1 saturated heterocycles. The van der Waals surface area contributed by atoms with Gasteiger partial charge in [-0.25, -0.2) is 0 Å². The zero-order valence-corrected chi connectivity index (χ0v) is 12.9. The van der Waals surface area contributed by atoms with Gasteiger partial charge in [-0.2, -0.15) is 0 Å². The van der Waals surface area contributed by atoms with Gasteiger partial charge >= 0.3 is 0 Å². The molecule has 3 heteroatoms. The van der Waals surface area contributed by atoms with Crippen LogP contribution in [-0.2, 0) is 4.79 Å². The Morgan fingerprint density at radius 2 is 1.70 bits per heavy atom. The molecule has 1 aromatic rings. The first kappa shape index (κ1) is 14.9. The Kier molecular flexibility index (Phi) is 5.05. The summed E-state index contributed by atoms with van der Waals surface area (Å²) in [5.74, 6) is 0.555. The van der Waals surface area contributed by atoms with Crippen molar-refractivity contribution in [2.24, 2.45) is 5.92 Å². The van der Waals surface area contributed by atoms with E-state index < -0.39 is 0 Å². The van der Waals surface area contributed by atoms with Crippen LogP contribution in [0.4, 0.5) is 5.69 Å². The Bertz CT molecular complexity index is 446. The van der Waals surface area contributed by atoms with E-state index in [1.165, 1.54) is 11.3 Å². The molecule has 3 nitrogen and oxygen atoms in total. The molecule has 1 aliphatic heterocycles. The van der Waals surface area contributed by atoms with Gasteiger partial charge in [0, 0.05) is 37.8 Å². The fraction of sp³-hybridized carbons (Fsp3) is 0.588. The van der Waals surface area contributed by atoms with Crippen LogP contribution in [0.2, 0.25) is 0 Å². The predicted molar refractivity (Wildman–Crippen MR) is 84.0 cm³/mol. The minimum atomic E-state index is 0.208. The molecule has 1 heterocycles. The van der Waals surface area contributed by atoms with E-state index in [1.54, 1.807) is 0 Å². The third-order valence-corrected chi connectivity index (χ3v) is 4.38. The monoisotopic (exact) mass is 274 g/mol. The van der Waals surface area contributed by atoms with Crippen molar-refractivity contribution in [1.29, 1.82) is 0 Å². The lowest BCUT2D eigenvalue weighted by Crippen LogP contribution is -2.50. The lowest BCUT2D eigenvalue weighted by molar-refractivity contribution is -0.136. The van der Waals surface area contributed by atoms with Crippen LogP contribution in [0.15, 0.2) is 24.3 Å². The Morgan fingerprint density at radius 1 is 1.10 bits per heavy atom. The number of benzene rings is 1. The second-order valence-electron chi connectivity index (χ2n) is 5.61. The minimum Gasteiger partial charge on any atom is -0.368 e. The van der Waals surface area contributed by atoms with E-state index in [0.29, 0.717) is 5.91 Å². The van der Waals surface area contributed by atoms with Crippen molar-refractivity contribution in [3.8, 4) is 0 Å². The van der Waals surface area contributed by atoms with Crippen LogP contribution in [0.5, 0.6) is 0 Å². The third-order valence-electron chi connectivity index (χ3n) is 4.38. The van der Waals surface area contributed by atoms with E-state index in [0.717, 1.165) is 39.0 Å². The average molecular weight is 274 g/mol. The van der Waals surface area contributed by atoms with Gasteiger partial charge in [0.2, 0.25) is 5.91 Å². The zero-order chi connectivity index (χ0) is 14.5. The lowest BCUT2D eigenvalue weighted by Gasteiger charge is -2.38. The number of hydrogen-bond acceptors (Lipinski definition) is 2. The number of rotatable bonds is 4. The number of amides is 1. The molecule has 0 aromatic heterocycles. The second-order valence-corrected chi connectivity index (χ2v) is 5.61. The lowest BCUT2D eigenvalue weighted by atomic mass is 10.0. The van der Waals surface area contributed by atoms with Gasteiger partial charge in [-0.05, 0) is 31.4 Å². The SMILES string of the molecule is CCC(CC)C(=O)N1CCN(c2ccccc2C)CC1. The fourth-order valence-electron chi connectivity index (χ4n) is 2.98. The molecule has 110 valence electrons. The highest BCUT2D eigenvalue weighted by Gasteiger charge is 2.25. The highest BCUT2D eigenvalue weighted by molar-refractivity contribution is 5.79. The number of nitrogens with zero attached hydrogens (tertiary/aromatic N) is 2. The van der Waals surface area contributed by atoms with E-state index in [-0.39, 0.29) is 5.92 Å². The molecule has 0 aliphatic carbocycles. The summed E-state index contributed by atoms with van der Waals surface area (Å²) in [6.07, 6.45) is 1.90. The Labute approximate surface area is 122 Å². The van der Waals surface area contributed by atoms with Crippen molar-refractivity contribution < 1.29 is 4.79 Å². The molecule has 2 rings (SSSR count). The maximum Gasteiger partial charge on any atom is 0.225 e. The van der Waals surface area contributed by atoms with Crippen molar-refractivity contribution in [2.45, 2.75) is 33.6 Å². The van der Waals surface area contributed by atoms with Gasteiger partial charge in [0.05, 0.1) is 0 Å². The van der Waals surface area contributed by atoms with Gasteiger partial charge in [-0.15, -0.1) is 0 Å². The third kappa shape index (κ3) is 3.14. The first-order chi connectivity index (χ1) is 9.67. The highest BCUT2D eigenvalue weighted by atomic mass is 16.2. The van der Waals surface area contributed by atoms with Crippen LogP contribution >= 0.6 is 0 Å². The van der Waals surface area contributed by atoms with Crippen molar-refractivity contribution in [3.63, 3.8) is 0 Å². The average Bonchev–Trinajstić information content (AvgIpc) is 2.49. The van der Waals surface area contributed by atoms with Gasteiger partial charge in [0.1, 0.15) is 0 Å². The largest absolute Gasteiger partial charge is 0.368 e. The van der Waals surface area contributed by atoms with Gasteiger partial charge in [-0.3, -0.25) is 4.79 Å². The summed E-state index contributed by atoms with van der Waals surface area (Å²) in [4.78, 5) is 16.8. The highest BCUT2D eigenvalue weighted by Crippen LogP contribution is 2.22. The molecule has 1 aliphatic rings. The van der Waals surface area contributed by atoms with Crippen LogP contribution in [0.3, 0.4) is 0 Å². The standard InChI is InChI=1S/C17H26N2O/c1-4-15(5-2)17(20)19-12-10-18(11-13-19)16-9-7-6-8-14(16)3/h6-9,15H,4-5,10-13H2,1-3H3. The van der Waals surface area contributed by atoms with E-state index in [4.69, 9.17) is 0 Å². The fourth-order valence-corrected chi connectivity index (χ4v) is 2.98. The number of carbonyl (C=O) groups is 1. The van der Waals surface area contributed by atoms with Crippen molar-refractivity contribution in [1.82, 2.24) is 4.90 Å². The second kappa shape index (κ2) is 6.78. The van der Waals surface area contributed by atoms with Crippen LogP contribution in [0, 0.1) is 12.8 Å². The molecule has 0 N–H and O–H groups in total. The minimum absolute atomic E-state index is 0.208. The molecule has 0 bridgehead atoms. The number of piperazine rings is 1. The number of aryl methyl sites for hydroxylation is 1. The molecule has 0 radical (unpaired) electrons. The smallest absolute Gasteiger partial charge is 0.225 e. The molecular weight excluding hydrogens is 248 g/mol. The number of anilines is 1. The summed E-state index contributed by atoms with van der Waals surface area (Å²) in [7, 11) is 0. The summed E-state index contributed by atoms with van der Waals surface area (Å²) in [5.41, 5.74) is 2.62.